The molecule has 0 spiro atoms. The van der Waals surface area contributed by atoms with E-state index >= 15 is 0 Å². The van der Waals surface area contributed by atoms with Crippen molar-refractivity contribution in [3.8, 4) is 6.07 Å². The molecule has 1 aliphatic carbocycles. The highest BCUT2D eigenvalue weighted by molar-refractivity contribution is 7.94. The fourth-order valence-corrected chi connectivity index (χ4v) is 6.01. The van der Waals surface area contributed by atoms with Gasteiger partial charge in [-0.3, -0.25) is 4.31 Å². The van der Waals surface area contributed by atoms with E-state index in [2.05, 4.69) is 6.07 Å². The maximum atomic E-state index is 13.1. The Bertz CT molecular complexity index is 869. The molecule has 0 radical (unpaired) electrons. The summed E-state index contributed by atoms with van der Waals surface area (Å²) >= 11 is 0. The summed E-state index contributed by atoms with van der Waals surface area (Å²) in [5.41, 5.74) is 2.07. The molecule has 2 atom stereocenters. The number of fused-ring (bicyclic) bond motifs is 1. The summed E-state index contributed by atoms with van der Waals surface area (Å²) < 4.78 is 26.9. The van der Waals surface area contributed by atoms with Crippen LogP contribution in [0.25, 0.3) is 0 Å². The standard InChI is InChI=1S/C17H14N2O2S/c18-11-13-6-8-14(9-7-13)17-10-15(17)12-19(22(17,20)21)16-4-2-1-3-5-16/h1-9,15H,10,12H2. The number of sulfonamides is 1. The van der Waals surface area contributed by atoms with Crippen LogP contribution in [-0.4, -0.2) is 15.0 Å². The van der Waals surface area contributed by atoms with Gasteiger partial charge in [0.15, 0.2) is 0 Å². The van der Waals surface area contributed by atoms with Crippen molar-refractivity contribution in [2.75, 3.05) is 10.8 Å². The van der Waals surface area contributed by atoms with Crippen LogP contribution in [0.4, 0.5) is 5.69 Å². The lowest BCUT2D eigenvalue weighted by atomic mass is 10.1. The predicted molar refractivity (Wildman–Crippen MR) is 83.6 cm³/mol. The Morgan fingerprint density at radius 2 is 1.77 bits per heavy atom. The van der Waals surface area contributed by atoms with Crippen molar-refractivity contribution >= 4 is 15.7 Å². The van der Waals surface area contributed by atoms with E-state index in [1.807, 2.05) is 30.3 Å². The number of nitriles is 1. The fraction of sp³-hybridized carbons (Fsp3) is 0.235. The molecule has 22 heavy (non-hydrogen) atoms. The third-order valence-electron chi connectivity index (χ3n) is 4.73. The number of para-hydroxylation sites is 1. The molecule has 0 bridgehead atoms. The maximum Gasteiger partial charge on any atom is 0.245 e. The van der Waals surface area contributed by atoms with Crippen LogP contribution in [0.3, 0.4) is 0 Å². The molecule has 2 fully saturated rings. The van der Waals surface area contributed by atoms with Crippen molar-refractivity contribution in [2.45, 2.75) is 11.2 Å². The Morgan fingerprint density at radius 3 is 2.41 bits per heavy atom. The largest absolute Gasteiger partial charge is 0.269 e. The van der Waals surface area contributed by atoms with Crippen LogP contribution in [0.1, 0.15) is 17.5 Å². The second kappa shape index (κ2) is 4.34. The zero-order valence-corrected chi connectivity index (χ0v) is 12.6. The van der Waals surface area contributed by atoms with Crippen molar-refractivity contribution in [1.82, 2.24) is 0 Å². The Hall–Kier alpha value is -2.32. The van der Waals surface area contributed by atoms with Crippen molar-refractivity contribution in [3.63, 3.8) is 0 Å². The lowest BCUT2D eigenvalue weighted by Gasteiger charge is -2.23. The zero-order chi connectivity index (χ0) is 15.4. The van der Waals surface area contributed by atoms with Gasteiger partial charge in [-0.2, -0.15) is 5.26 Å². The molecule has 1 saturated carbocycles. The second-order valence-corrected chi connectivity index (χ2v) is 7.97. The topological polar surface area (TPSA) is 61.2 Å². The molecule has 0 N–H and O–H groups in total. The quantitative estimate of drug-likeness (QED) is 0.856. The van der Waals surface area contributed by atoms with Crippen molar-refractivity contribution in [3.05, 3.63) is 65.7 Å². The third-order valence-corrected chi connectivity index (χ3v) is 7.33. The molecule has 5 heteroatoms. The van der Waals surface area contributed by atoms with Gasteiger partial charge in [-0.1, -0.05) is 30.3 Å². The molecule has 1 saturated heterocycles. The van der Waals surface area contributed by atoms with Crippen LogP contribution >= 0.6 is 0 Å². The highest BCUT2D eigenvalue weighted by Gasteiger charge is 2.71. The molecule has 4 rings (SSSR count). The number of hydrogen-bond acceptors (Lipinski definition) is 3. The lowest BCUT2D eigenvalue weighted by molar-refractivity contribution is 0.583. The maximum absolute atomic E-state index is 13.1. The third kappa shape index (κ3) is 1.59. The van der Waals surface area contributed by atoms with Gasteiger partial charge in [0.2, 0.25) is 10.0 Å². The van der Waals surface area contributed by atoms with Gasteiger partial charge in [0.1, 0.15) is 4.75 Å². The van der Waals surface area contributed by atoms with Crippen LogP contribution in [0.5, 0.6) is 0 Å². The van der Waals surface area contributed by atoms with Gasteiger partial charge in [-0.25, -0.2) is 8.42 Å². The first-order valence-electron chi connectivity index (χ1n) is 7.17. The minimum Gasteiger partial charge on any atom is -0.269 e. The minimum absolute atomic E-state index is 0.130. The summed E-state index contributed by atoms with van der Waals surface area (Å²) in [6.45, 7) is 0.534. The number of nitrogens with zero attached hydrogens (tertiary/aromatic N) is 2. The Balaban J connectivity index is 1.77. The van der Waals surface area contributed by atoms with Crippen LogP contribution in [0.2, 0.25) is 0 Å². The van der Waals surface area contributed by atoms with Gasteiger partial charge in [0, 0.05) is 12.5 Å². The molecule has 2 aliphatic rings. The highest BCUT2D eigenvalue weighted by atomic mass is 32.2. The molecule has 110 valence electrons. The molecule has 1 heterocycles. The van der Waals surface area contributed by atoms with Crippen molar-refractivity contribution in [2.24, 2.45) is 5.92 Å². The molecule has 2 unspecified atom stereocenters. The average Bonchev–Trinajstić information content (AvgIpc) is 3.24. The van der Waals surface area contributed by atoms with Gasteiger partial charge in [0.05, 0.1) is 17.3 Å². The Labute approximate surface area is 129 Å². The van der Waals surface area contributed by atoms with E-state index in [0.717, 1.165) is 11.3 Å². The van der Waals surface area contributed by atoms with Gasteiger partial charge in [-0.05, 0) is 36.2 Å². The number of anilines is 1. The summed E-state index contributed by atoms with van der Waals surface area (Å²) in [6.07, 6.45) is 0.671. The van der Waals surface area contributed by atoms with E-state index in [4.69, 9.17) is 5.26 Å². The second-order valence-electron chi connectivity index (χ2n) is 5.85. The van der Waals surface area contributed by atoms with E-state index in [1.54, 1.807) is 24.3 Å². The molecular formula is C17H14N2O2S. The first kappa shape index (κ1) is 13.4. The summed E-state index contributed by atoms with van der Waals surface area (Å²) in [4.78, 5) is 0. The van der Waals surface area contributed by atoms with Crippen molar-refractivity contribution < 1.29 is 8.42 Å². The van der Waals surface area contributed by atoms with Crippen LogP contribution < -0.4 is 4.31 Å². The highest BCUT2D eigenvalue weighted by Crippen LogP contribution is 2.64. The molecule has 4 nitrogen and oxygen atoms in total. The first-order chi connectivity index (χ1) is 10.6. The van der Waals surface area contributed by atoms with Crippen LogP contribution in [-0.2, 0) is 14.8 Å². The summed E-state index contributed by atoms with van der Waals surface area (Å²) in [5, 5.41) is 8.89. The first-order valence-corrected chi connectivity index (χ1v) is 8.61. The molecule has 0 aromatic heterocycles. The van der Waals surface area contributed by atoms with E-state index < -0.39 is 14.8 Å². The Morgan fingerprint density at radius 1 is 1.09 bits per heavy atom. The van der Waals surface area contributed by atoms with E-state index in [0.29, 0.717) is 18.5 Å². The van der Waals surface area contributed by atoms with Gasteiger partial charge in [-0.15, -0.1) is 0 Å². The summed E-state index contributed by atoms with van der Waals surface area (Å²) in [5.74, 6) is 0.130. The fourth-order valence-electron chi connectivity index (χ4n) is 3.50. The van der Waals surface area contributed by atoms with E-state index in [-0.39, 0.29) is 5.92 Å². The van der Waals surface area contributed by atoms with Gasteiger partial charge < -0.3 is 0 Å². The number of benzene rings is 2. The van der Waals surface area contributed by atoms with E-state index in [1.165, 1.54) is 4.31 Å². The summed E-state index contributed by atoms with van der Waals surface area (Å²) in [6, 6.07) is 18.3. The molecule has 0 amide bonds. The molecule has 1 aliphatic heterocycles. The summed E-state index contributed by atoms with van der Waals surface area (Å²) in [7, 11) is -3.43. The SMILES string of the molecule is N#Cc1ccc(C23CC2CN(c2ccccc2)S3(=O)=O)cc1. The van der Waals surface area contributed by atoms with Crippen molar-refractivity contribution in [1.29, 1.82) is 5.26 Å². The zero-order valence-electron chi connectivity index (χ0n) is 11.8. The van der Waals surface area contributed by atoms with E-state index in [9.17, 15) is 8.42 Å². The Kier molecular flexibility index (Phi) is 2.63. The monoisotopic (exact) mass is 310 g/mol. The molecule has 2 aromatic rings. The molecular weight excluding hydrogens is 296 g/mol. The predicted octanol–water partition coefficient (Wildman–Crippen LogP) is 2.62. The minimum atomic E-state index is -3.43. The van der Waals surface area contributed by atoms with Crippen LogP contribution in [0, 0.1) is 17.2 Å². The average molecular weight is 310 g/mol. The number of rotatable bonds is 2. The lowest BCUT2D eigenvalue weighted by Crippen LogP contribution is -2.33. The number of hydrogen-bond donors (Lipinski definition) is 0. The normalized spacial score (nSPS) is 28.0. The van der Waals surface area contributed by atoms with Crippen LogP contribution in [0.15, 0.2) is 54.6 Å². The molecule has 2 aromatic carbocycles. The smallest absolute Gasteiger partial charge is 0.245 e. The van der Waals surface area contributed by atoms with Gasteiger partial charge in [0.25, 0.3) is 0 Å². The van der Waals surface area contributed by atoms with Gasteiger partial charge >= 0.3 is 0 Å².